The number of amidine groups is 1. The second-order valence-electron chi connectivity index (χ2n) is 11.5. The van der Waals surface area contributed by atoms with E-state index in [1.54, 1.807) is 7.11 Å². The minimum absolute atomic E-state index is 0.110. The molecule has 224 valence electrons. The quantitative estimate of drug-likeness (QED) is 0.252. The van der Waals surface area contributed by atoms with E-state index in [9.17, 15) is 0 Å². The lowest BCUT2D eigenvalue weighted by Gasteiger charge is -2.43. The molecule has 3 aliphatic rings. The molecule has 0 radical (unpaired) electrons. The number of ether oxygens (including phenoxy) is 2. The molecule has 1 aromatic carbocycles. The Kier molecular flexibility index (Phi) is 9.79. The summed E-state index contributed by atoms with van der Waals surface area (Å²) < 4.78 is 11.4. The highest BCUT2D eigenvalue weighted by atomic mass is 16.5. The van der Waals surface area contributed by atoms with Gasteiger partial charge in [-0.2, -0.15) is 0 Å². The third kappa shape index (κ3) is 7.20. The molecule has 0 spiro atoms. The van der Waals surface area contributed by atoms with E-state index < -0.39 is 0 Å². The molecule has 2 aromatic rings. The molecule has 0 bridgehead atoms. The van der Waals surface area contributed by atoms with Gasteiger partial charge < -0.3 is 35.6 Å². The third-order valence-electron chi connectivity index (χ3n) is 8.57. The molecule has 0 saturated carbocycles. The Morgan fingerprint density at radius 1 is 1.05 bits per heavy atom. The van der Waals surface area contributed by atoms with E-state index in [2.05, 4.69) is 45.4 Å². The summed E-state index contributed by atoms with van der Waals surface area (Å²) in [5, 5.41) is 15.2. The van der Waals surface area contributed by atoms with E-state index >= 15 is 0 Å². The lowest BCUT2D eigenvalue weighted by atomic mass is 10.0. The van der Waals surface area contributed by atoms with Gasteiger partial charge in [0.25, 0.3) is 0 Å². The Bertz CT molecular complexity index is 1170. The third-order valence-corrected chi connectivity index (χ3v) is 8.57. The molecule has 5 rings (SSSR count). The highest BCUT2D eigenvalue weighted by Gasteiger charge is 2.28. The number of aryl methyl sites for hydroxylation is 1. The lowest BCUT2D eigenvalue weighted by molar-refractivity contribution is 0.0903. The average molecular weight is 566 g/mol. The van der Waals surface area contributed by atoms with Crippen molar-refractivity contribution < 1.29 is 9.47 Å². The van der Waals surface area contributed by atoms with Crippen LogP contribution in [0.25, 0.3) is 0 Å². The number of anilines is 4. The number of nitrogens with two attached hydrogens (primary N) is 1. The summed E-state index contributed by atoms with van der Waals surface area (Å²) in [6, 6.07) is 7.13. The number of hydrogen-bond acceptors (Lipinski definition) is 10. The molecule has 3 aliphatic heterocycles. The zero-order valence-corrected chi connectivity index (χ0v) is 24.9. The lowest BCUT2D eigenvalue weighted by Crippen LogP contribution is -2.53. The van der Waals surface area contributed by atoms with Crippen molar-refractivity contribution in [2.24, 2.45) is 5.73 Å². The van der Waals surface area contributed by atoms with Crippen LogP contribution in [0.4, 0.5) is 23.0 Å². The average Bonchev–Trinajstić information content (AvgIpc) is 2.99. The second-order valence-corrected chi connectivity index (χ2v) is 11.5. The van der Waals surface area contributed by atoms with Crippen molar-refractivity contribution in [3.05, 3.63) is 29.6 Å². The molecule has 5 N–H and O–H groups in total. The van der Waals surface area contributed by atoms with Gasteiger partial charge in [-0.05, 0) is 64.4 Å². The van der Waals surface area contributed by atoms with Gasteiger partial charge in [0.15, 0.2) is 11.6 Å². The summed E-state index contributed by atoms with van der Waals surface area (Å²) in [5.41, 5.74) is 9.09. The van der Waals surface area contributed by atoms with Crippen molar-refractivity contribution in [3.8, 4) is 5.75 Å². The first-order valence-electron chi connectivity index (χ1n) is 15.2. The molecular formula is C30H47N9O2. The van der Waals surface area contributed by atoms with Crippen molar-refractivity contribution in [2.45, 2.75) is 57.5 Å². The summed E-state index contributed by atoms with van der Waals surface area (Å²) in [7, 11) is 3.94. The number of piperidine rings is 1. The Hall–Kier alpha value is -3.15. The fraction of sp³-hybridized carbons (Fsp3) is 0.633. The number of rotatable bonds is 10. The van der Waals surface area contributed by atoms with Gasteiger partial charge >= 0.3 is 0 Å². The number of hydrogen-bond donors (Lipinski definition) is 4. The Labute approximate surface area is 244 Å². The maximum absolute atomic E-state index is 8.20. The molecule has 41 heavy (non-hydrogen) atoms. The highest BCUT2D eigenvalue weighted by Crippen LogP contribution is 2.34. The van der Waals surface area contributed by atoms with Crippen LogP contribution in [0.3, 0.4) is 0 Å². The molecule has 0 unspecified atom stereocenters. The van der Waals surface area contributed by atoms with Crippen LogP contribution in [0.15, 0.2) is 18.2 Å². The number of nitrogens with zero attached hydrogens (tertiary/aromatic N) is 5. The number of benzene rings is 1. The molecule has 3 fully saturated rings. The molecule has 1 aromatic heterocycles. The number of piperazine rings is 1. The predicted molar refractivity (Wildman–Crippen MR) is 165 cm³/mol. The maximum Gasteiger partial charge on any atom is 0.162 e. The summed E-state index contributed by atoms with van der Waals surface area (Å²) in [4.78, 5) is 17.2. The zero-order valence-electron chi connectivity index (χ0n) is 24.9. The van der Waals surface area contributed by atoms with Gasteiger partial charge in [0.2, 0.25) is 0 Å². The first-order chi connectivity index (χ1) is 19.9. The fourth-order valence-corrected chi connectivity index (χ4v) is 6.15. The number of nitrogens with one attached hydrogen (secondary N) is 3. The van der Waals surface area contributed by atoms with Gasteiger partial charge in [0, 0.05) is 63.2 Å². The molecular weight excluding hydrogens is 518 g/mol. The molecule has 3 saturated heterocycles. The van der Waals surface area contributed by atoms with Crippen LogP contribution >= 0.6 is 0 Å². The predicted octanol–water partition coefficient (Wildman–Crippen LogP) is 3.27. The minimum atomic E-state index is -0.110. The van der Waals surface area contributed by atoms with E-state index in [1.165, 1.54) is 25.9 Å². The van der Waals surface area contributed by atoms with Gasteiger partial charge in [0.1, 0.15) is 17.3 Å². The van der Waals surface area contributed by atoms with Gasteiger partial charge in [-0.25, -0.2) is 9.97 Å². The van der Waals surface area contributed by atoms with Gasteiger partial charge in [-0.3, -0.25) is 10.3 Å². The molecule has 0 amide bonds. The van der Waals surface area contributed by atoms with E-state index in [4.69, 9.17) is 30.6 Å². The normalized spacial score (nSPS) is 19.7. The summed E-state index contributed by atoms with van der Waals surface area (Å²) in [5.74, 6) is 1.91. The topological polar surface area (TPSA) is 128 Å². The largest absolute Gasteiger partial charge is 0.495 e. The van der Waals surface area contributed by atoms with Crippen molar-refractivity contribution in [3.63, 3.8) is 0 Å². The monoisotopic (exact) mass is 565 g/mol. The van der Waals surface area contributed by atoms with Crippen LogP contribution < -0.4 is 26.0 Å². The van der Waals surface area contributed by atoms with Gasteiger partial charge in [-0.1, -0.05) is 13.3 Å². The van der Waals surface area contributed by atoms with Crippen molar-refractivity contribution in [1.82, 2.24) is 19.8 Å². The van der Waals surface area contributed by atoms with Crippen molar-refractivity contribution in [2.75, 3.05) is 82.2 Å². The summed E-state index contributed by atoms with van der Waals surface area (Å²) >= 11 is 0. The Morgan fingerprint density at radius 2 is 1.78 bits per heavy atom. The molecule has 11 nitrogen and oxygen atoms in total. The van der Waals surface area contributed by atoms with Gasteiger partial charge in [0.05, 0.1) is 18.5 Å². The zero-order chi connectivity index (χ0) is 28.8. The van der Waals surface area contributed by atoms with E-state index in [-0.39, 0.29) is 11.9 Å². The second kappa shape index (κ2) is 13.7. The van der Waals surface area contributed by atoms with Crippen LogP contribution in [0.5, 0.6) is 5.75 Å². The first kappa shape index (κ1) is 29.3. The van der Waals surface area contributed by atoms with Crippen LogP contribution in [-0.4, -0.2) is 104 Å². The van der Waals surface area contributed by atoms with Crippen molar-refractivity contribution >= 4 is 28.8 Å². The number of likely N-dealkylation sites (tertiary alicyclic amines) is 1. The molecule has 11 heteroatoms. The molecule has 4 heterocycles. The molecule has 0 aliphatic carbocycles. The van der Waals surface area contributed by atoms with E-state index in [1.807, 2.05) is 12.1 Å². The standard InChI is InChI=1S/C30H47N9O2/c1-4-5-24-29(33-21-10-18-41-19-11-21)36-30(27(35-24)28(31)32)34-22-6-7-25(26(20-22)40-3)39-16-14-38(15-17-39)23-8-12-37(2)13-9-23/h6-7,20-21,23H,4-5,8-19H2,1-3H3,(H3,31,32)(H2,33,34,36). The van der Waals surface area contributed by atoms with Crippen LogP contribution in [0, 0.1) is 5.41 Å². The summed E-state index contributed by atoms with van der Waals surface area (Å²) in [6.07, 6.45) is 6.05. The smallest absolute Gasteiger partial charge is 0.162 e. The Morgan fingerprint density at radius 3 is 2.44 bits per heavy atom. The van der Waals surface area contributed by atoms with Crippen molar-refractivity contribution in [1.29, 1.82) is 5.41 Å². The fourth-order valence-electron chi connectivity index (χ4n) is 6.15. The van der Waals surface area contributed by atoms with E-state index in [0.29, 0.717) is 17.6 Å². The molecule has 0 atom stereocenters. The minimum Gasteiger partial charge on any atom is -0.495 e. The van der Waals surface area contributed by atoms with Crippen LogP contribution in [0.2, 0.25) is 0 Å². The summed E-state index contributed by atoms with van der Waals surface area (Å²) in [6.45, 7) is 10.1. The number of methoxy groups -OCH3 is 1. The number of aromatic nitrogens is 2. The first-order valence-corrected chi connectivity index (χ1v) is 15.2. The maximum atomic E-state index is 8.20. The van der Waals surface area contributed by atoms with Gasteiger partial charge in [-0.15, -0.1) is 0 Å². The number of nitrogen functional groups attached to an aromatic ring is 1. The van der Waals surface area contributed by atoms with E-state index in [0.717, 1.165) is 93.7 Å². The Balaban J connectivity index is 1.32. The van der Waals surface area contributed by atoms with Crippen LogP contribution in [0.1, 0.15) is 50.4 Å². The highest BCUT2D eigenvalue weighted by molar-refractivity contribution is 5.98. The SMILES string of the molecule is CCCc1nc(C(=N)N)c(Nc2ccc(N3CCN(C4CCN(C)CC4)CC3)c(OC)c2)nc1NC1CCOCC1. The van der Waals surface area contributed by atoms with Crippen LogP contribution in [-0.2, 0) is 11.2 Å².